The molecule has 1 saturated carbocycles. The first-order chi connectivity index (χ1) is 39.0. The quantitative estimate of drug-likeness (QED) is 0.0602. The monoisotopic (exact) mass is 1200 g/mol. The predicted molar refractivity (Wildman–Crippen MR) is 307 cm³/mol. The molecule has 5 N–H and O–H groups in total. The number of carbonyl (C=O) groups is 4. The number of methoxy groups -OCH3 is 1. The van der Waals surface area contributed by atoms with Crippen molar-refractivity contribution in [3.8, 4) is 0 Å². The topological polar surface area (TPSA) is 279 Å². The Morgan fingerprint density at radius 3 is 2.17 bits per heavy atom. The Kier molecular flexibility index (Phi) is 24.0. The molecule has 1 aliphatic carbocycles. The highest BCUT2D eigenvalue weighted by atomic mass is 35.5. The minimum Gasteiger partial charge on any atom is -0.477 e. The molecule has 2 unspecified atom stereocenters. The maximum Gasteiger partial charge on any atom is 0.341 e. The van der Waals surface area contributed by atoms with E-state index < -0.39 is 119 Å². The summed E-state index contributed by atoms with van der Waals surface area (Å²) in [7, 11) is 5.23. The van der Waals surface area contributed by atoms with Crippen molar-refractivity contribution >= 4 is 51.9 Å². The molecule has 2 aromatic rings. The smallest absolute Gasteiger partial charge is 0.341 e. The third-order valence-electron chi connectivity index (χ3n) is 17.3. The van der Waals surface area contributed by atoms with Crippen molar-refractivity contribution < 1.29 is 87.0 Å². The molecular formula is C60H94ClN3O19. The average molecular weight is 1200 g/mol. The van der Waals surface area contributed by atoms with Gasteiger partial charge in [-0.05, 0) is 106 Å². The molecule has 6 rings (SSSR count). The van der Waals surface area contributed by atoms with Gasteiger partial charge in [-0.25, -0.2) is 4.79 Å². The van der Waals surface area contributed by atoms with Crippen LogP contribution < -0.4 is 10.7 Å². The number of aliphatic hydroxyl groups excluding tert-OH is 2. The maximum absolute atomic E-state index is 14.7. The number of rotatable bonds is 23. The van der Waals surface area contributed by atoms with E-state index in [4.69, 9.17) is 59.0 Å². The Morgan fingerprint density at radius 2 is 1.55 bits per heavy atom. The molecular weight excluding hydrogens is 1100 g/mol. The highest BCUT2D eigenvalue weighted by Crippen LogP contribution is 2.43. The molecule has 1 aromatic carbocycles. The zero-order valence-corrected chi connectivity index (χ0v) is 51.8. The molecule has 83 heavy (non-hydrogen) atoms. The molecule has 0 radical (unpaired) electrons. The number of pyridine rings is 1. The Balaban J connectivity index is 1.13. The Hall–Kier alpha value is -3.88. The van der Waals surface area contributed by atoms with Crippen LogP contribution in [-0.4, -0.2) is 199 Å². The first-order valence-corrected chi connectivity index (χ1v) is 29.9. The van der Waals surface area contributed by atoms with Crippen molar-refractivity contribution in [3.63, 3.8) is 0 Å². The van der Waals surface area contributed by atoms with Crippen molar-refractivity contribution in [3.05, 3.63) is 39.1 Å². The number of esters is 2. The Labute approximate surface area is 493 Å². The first kappa shape index (κ1) is 68.2. The minimum atomic E-state index is -2.04. The lowest BCUT2D eigenvalue weighted by molar-refractivity contribution is -0.321. The number of fused-ring (bicyclic) bond motifs is 1. The number of halogens is 1. The van der Waals surface area contributed by atoms with Gasteiger partial charge in [0.25, 0.3) is 0 Å². The molecule has 4 heterocycles. The second kappa shape index (κ2) is 29.2. The van der Waals surface area contributed by atoms with E-state index in [0.717, 1.165) is 12.8 Å². The number of carboxylic acids is 1. The van der Waals surface area contributed by atoms with Gasteiger partial charge in [0.1, 0.15) is 34.8 Å². The number of carboxylic acid groups (broad SMARTS) is 1. The number of nitrogens with one attached hydrogen (secondary N) is 1. The normalized spacial score (nSPS) is 35.9. The summed E-state index contributed by atoms with van der Waals surface area (Å²) in [5.41, 5.74) is -4.39. The first-order valence-electron chi connectivity index (χ1n) is 29.5. The fourth-order valence-electron chi connectivity index (χ4n) is 12.3. The van der Waals surface area contributed by atoms with Crippen LogP contribution >= 0.6 is 11.6 Å². The van der Waals surface area contributed by atoms with Crippen LogP contribution in [0.3, 0.4) is 0 Å². The number of nitrogens with zero attached hydrogens (tertiary/aromatic N) is 2. The van der Waals surface area contributed by atoms with Crippen LogP contribution in [0, 0.1) is 23.7 Å². The van der Waals surface area contributed by atoms with E-state index in [9.17, 15) is 44.4 Å². The number of likely N-dealkylation sites (N-methyl/N-ethyl adjacent to an activating group) is 1. The zero-order valence-electron chi connectivity index (χ0n) is 51.1. The van der Waals surface area contributed by atoms with E-state index in [1.54, 1.807) is 53.7 Å². The highest BCUT2D eigenvalue weighted by molar-refractivity contribution is 6.34. The predicted octanol–water partition coefficient (Wildman–Crippen LogP) is 6.31. The Bertz CT molecular complexity index is 2580. The van der Waals surface area contributed by atoms with Gasteiger partial charge >= 0.3 is 17.9 Å². The van der Waals surface area contributed by atoms with Gasteiger partial charge < -0.3 is 82.6 Å². The number of benzene rings is 1. The molecule has 18 atom stereocenters. The largest absolute Gasteiger partial charge is 0.477 e. The number of ether oxygens (including phenoxy) is 10. The summed E-state index contributed by atoms with van der Waals surface area (Å²) >= 11 is 6.59. The minimum absolute atomic E-state index is 0.0157. The van der Waals surface area contributed by atoms with Crippen molar-refractivity contribution in [2.24, 2.45) is 23.7 Å². The number of ketones is 1. The second-order valence-electron chi connectivity index (χ2n) is 24.3. The number of hydrogen-bond donors (Lipinski definition) is 5. The number of cyclic esters (lactones) is 1. The van der Waals surface area contributed by atoms with Crippen molar-refractivity contribution in [1.29, 1.82) is 0 Å². The van der Waals surface area contributed by atoms with Crippen molar-refractivity contribution in [2.75, 3.05) is 66.1 Å². The van der Waals surface area contributed by atoms with Gasteiger partial charge in [0.2, 0.25) is 5.43 Å². The van der Waals surface area contributed by atoms with Crippen LogP contribution in [0.15, 0.2) is 23.1 Å². The van der Waals surface area contributed by atoms with Gasteiger partial charge in [-0.2, -0.15) is 0 Å². The van der Waals surface area contributed by atoms with Crippen LogP contribution in [0.5, 0.6) is 0 Å². The van der Waals surface area contributed by atoms with Crippen molar-refractivity contribution in [1.82, 2.24) is 9.47 Å². The van der Waals surface area contributed by atoms with E-state index in [2.05, 4.69) is 5.32 Å². The van der Waals surface area contributed by atoms with Crippen LogP contribution in [0.4, 0.5) is 5.69 Å². The molecule has 22 nitrogen and oxygen atoms in total. The number of carbonyl (C=O) groups excluding carboxylic acids is 3. The molecule has 470 valence electrons. The van der Waals surface area contributed by atoms with E-state index in [1.165, 1.54) is 20.2 Å². The second-order valence-corrected chi connectivity index (χ2v) is 24.7. The summed E-state index contributed by atoms with van der Waals surface area (Å²) < 4.78 is 65.2. The number of aliphatic hydroxyl groups is 3. The Morgan fingerprint density at radius 1 is 0.880 bits per heavy atom. The summed E-state index contributed by atoms with van der Waals surface area (Å²) in [6.07, 6.45) is -6.11. The molecule has 23 heteroatoms. The summed E-state index contributed by atoms with van der Waals surface area (Å²) in [4.78, 5) is 69.3. The molecule has 4 fully saturated rings. The summed E-state index contributed by atoms with van der Waals surface area (Å²) in [5, 5.41) is 49.0. The van der Waals surface area contributed by atoms with E-state index >= 15 is 0 Å². The van der Waals surface area contributed by atoms with Crippen LogP contribution in [0.1, 0.15) is 144 Å². The average Bonchev–Trinajstić information content (AvgIpc) is 4.47. The number of anilines is 1. The third-order valence-corrected chi connectivity index (χ3v) is 17.6. The lowest BCUT2D eigenvalue weighted by Gasteiger charge is -2.50. The molecule has 0 spiro atoms. The maximum atomic E-state index is 14.7. The zero-order chi connectivity index (χ0) is 61.5. The fraction of sp³-hybridized carbons (Fsp3) is 0.783. The molecule has 0 amide bonds. The highest BCUT2D eigenvalue weighted by Gasteiger charge is 2.55. The lowest BCUT2D eigenvalue weighted by atomic mass is 9.73. The van der Waals surface area contributed by atoms with Crippen LogP contribution in [0.2, 0.25) is 5.02 Å². The molecule has 0 bridgehead atoms. The fourth-order valence-corrected chi connectivity index (χ4v) is 12.5. The summed E-state index contributed by atoms with van der Waals surface area (Å²) in [6.45, 7) is 20.2. The van der Waals surface area contributed by atoms with Gasteiger partial charge in [-0.1, -0.05) is 46.2 Å². The molecule has 4 aliphatic rings. The van der Waals surface area contributed by atoms with Gasteiger partial charge in [-0.15, -0.1) is 0 Å². The van der Waals surface area contributed by atoms with Gasteiger partial charge in [0, 0.05) is 68.1 Å². The van der Waals surface area contributed by atoms with E-state index in [0.29, 0.717) is 35.6 Å². The summed E-state index contributed by atoms with van der Waals surface area (Å²) in [5.74, 6) is -6.73. The van der Waals surface area contributed by atoms with Crippen molar-refractivity contribution in [2.45, 2.75) is 218 Å². The number of Topliss-reactive ketones (excluding diaryl/α,β-unsaturated/α-hetero) is 1. The van der Waals surface area contributed by atoms with Gasteiger partial charge in [-0.3, -0.25) is 19.2 Å². The van der Waals surface area contributed by atoms with Crippen LogP contribution in [0.25, 0.3) is 10.9 Å². The lowest BCUT2D eigenvalue weighted by Crippen LogP contribution is -2.62. The number of aromatic carboxylic acids is 1. The number of hydrogen-bond acceptors (Lipinski definition) is 20. The van der Waals surface area contributed by atoms with Gasteiger partial charge in [0.05, 0.1) is 91.1 Å². The SMILES string of the molecule is CCCO[C@]1(C)C[C@@H](C)C(=O)[C@H](C)[C@@H](O)[C@](C)(O)[C@@H](CC)OC(=O)[C@H](C)[C@@H](OC2C[C@@](C)(OC)[C@@H](OC(=O)CCOCCOCCNc3cc4c(=O)c(C(=O)O)cn(C5CC5)c4cc3Cl)[C@H](C)O2)[C@H](C)[C@H]1OC1O[C@H](C)C[C@H](N(C)C)[C@H]1O. The van der Waals surface area contributed by atoms with E-state index in [-0.39, 0.29) is 93.6 Å². The van der Waals surface area contributed by atoms with Gasteiger partial charge in [0.15, 0.2) is 18.7 Å². The molecule has 3 aliphatic heterocycles. The van der Waals surface area contributed by atoms with E-state index in [1.807, 2.05) is 51.3 Å². The number of aromatic nitrogens is 1. The standard InChI is InChI=1S/C60H94ClN3O19/c1-15-21-77-59(10)29-32(3)48(66)34(5)52(69)60(11,73)45(16-2)80-56(72)36(7)51(35(6)53(59)83-57-50(68)44(63(12)13)26-33(4)78-57)82-47-30-58(9,74-14)54(37(8)79-47)81-46(65)19-22-75-24-25-76-23-20-62-42-27-39-43(28-41(42)61)64(38-17-18-38)31-40(49(39)67)55(70)71/h27-28,31-38,44-45,47,50-54,57,62,68-69,73H,15-26,29-30H2,1-14H3,(H,70,71)/t32-,33-,34+,35+,36-,37+,44+,45-,47?,50-,51+,52-,53-,54+,57?,58-,59-,60-/m1/s1. The molecule has 3 saturated heterocycles. The summed E-state index contributed by atoms with van der Waals surface area (Å²) in [6, 6.07) is 3.02. The molecule has 1 aromatic heterocycles. The van der Waals surface area contributed by atoms with Crippen LogP contribution in [-0.2, 0) is 61.8 Å². The third kappa shape index (κ3) is 16.2.